The molecule has 176 valence electrons. The number of carboxylic acids is 2. The fraction of sp³-hybridized carbons (Fsp3) is 0.500. The number of amides is 2. The monoisotopic (exact) mass is 450 g/mol. The Kier molecular flexibility index (Phi) is 8.69. The number of nitrogens with zero attached hydrogens (tertiary/aromatic N) is 4. The SMILES string of the molecule is CCC(C)c1nc(C(=O)O)c(C(=O)O)n1C.CCC(C)c1nc(C(N)=O)c(C(N)=O)n1C. The molecule has 12 heteroatoms. The molecule has 0 spiro atoms. The van der Waals surface area contributed by atoms with Crippen LogP contribution in [0, 0.1) is 0 Å². The van der Waals surface area contributed by atoms with E-state index in [4.69, 9.17) is 21.7 Å². The number of carbonyl (C=O) groups excluding carboxylic acids is 2. The lowest BCUT2D eigenvalue weighted by Gasteiger charge is -2.08. The molecule has 0 fully saturated rings. The number of primary amides is 2. The minimum absolute atomic E-state index is 0.0243. The van der Waals surface area contributed by atoms with Crippen LogP contribution in [0.2, 0.25) is 0 Å². The van der Waals surface area contributed by atoms with Gasteiger partial charge >= 0.3 is 11.9 Å². The van der Waals surface area contributed by atoms with Crippen LogP contribution in [0.4, 0.5) is 0 Å². The van der Waals surface area contributed by atoms with E-state index < -0.39 is 29.4 Å². The summed E-state index contributed by atoms with van der Waals surface area (Å²) in [5, 5.41) is 17.8. The lowest BCUT2D eigenvalue weighted by atomic mass is 10.1. The van der Waals surface area contributed by atoms with Crippen LogP contribution in [0.15, 0.2) is 0 Å². The smallest absolute Gasteiger partial charge is 0.357 e. The molecular weight excluding hydrogens is 420 g/mol. The molecule has 12 nitrogen and oxygen atoms in total. The summed E-state index contributed by atoms with van der Waals surface area (Å²) >= 11 is 0. The van der Waals surface area contributed by atoms with Crippen molar-refractivity contribution >= 4 is 23.8 Å². The minimum Gasteiger partial charge on any atom is -0.476 e. The average molecular weight is 450 g/mol. The van der Waals surface area contributed by atoms with Crippen LogP contribution in [-0.2, 0) is 14.1 Å². The number of hydrogen-bond acceptors (Lipinski definition) is 6. The van der Waals surface area contributed by atoms with Gasteiger partial charge in [0.15, 0.2) is 17.1 Å². The van der Waals surface area contributed by atoms with Gasteiger partial charge in [0.05, 0.1) is 0 Å². The van der Waals surface area contributed by atoms with Gasteiger partial charge in [-0.2, -0.15) is 0 Å². The van der Waals surface area contributed by atoms with Gasteiger partial charge in [0.25, 0.3) is 11.8 Å². The Hall–Kier alpha value is -3.70. The number of hydrogen-bond donors (Lipinski definition) is 4. The summed E-state index contributed by atoms with van der Waals surface area (Å²) in [6.07, 6.45) is 1.62. The molecule has 2 rings (SSSR count). The Balaban J connectivity index is 0.000000320. The highest BCUT2D eigenvalue weighted by Crippen LogP contribution is 2.21. The summed E-state index contributed by atoms with van der Waals surface area (Å²) in [5.41, 5.74) is 9.70. The van der Waals surface area contributed by atoms with E-state index in [0.717, 1.165) is 12.8 Å². The number of carbonyl (C=O) groups is 4. The van der Waals surface area contributed by atoms with E-state index in [-0.39, 0.29) is 28.9 Å². The second-order valence-corrected chi connectivity index (χ2v) is 7.41. The first kappa shape index (κ1) is 26.3. The van der Waals surface area contributed by atoms with Crippen LogP contribution in [0.25, 0.3) is 0 Å². The number of nitrogens with two attached hydrogens (primary N) is 2. The molecule has 0 saturated carbocycles. The van der Waals surface area contributed by atoms with Gasteiger partial charge in [-0.05, 0) is 12.8 Å². The molecule has 2 unspecified atom stereocenters. The molecule has 0 aliphatic heterocycles. The minimum atomic E-state index is -1.32. The van der Waals surface area contributed by atoms with E-state index >= 15 is 0 Å². The van der Waals surface area contributed by atoms with E-state index in [0.29, 0.717) is 11.6 Å². The summed E-state index contributed by atoms with van der Waals surface area (Å²) in [6.45, 7) is 7.75. The zero-order valence-corrected chi connectivity index (χ0v) is 19.0. The van der Waals surface area contributed by atoms with E-state index in [1.165, 1.54) is 16.2 Å². The second-order valence-electron chi connectivity index (χ2n) is 7.41. The molecule has 0 saturated heterocycles. The number of aromatic nitrogens is 4. The van der Waals surface area contributed by atoms with Crippen LogP contribution in [0.1, 0.15) is 106 Å². The maximum absolute atomic E-state index is 11.2. The molecule has 0 bridgehead atoms. The Morgan fingerprint density at radius 1 is 0.781 bits per heavy atom. The third-order valence-electron chi connectivity index (χ3n) is 5.24. The molecule has 2 aromatic heterocycles. The van der Waals surface area contributed by atoms with Crippen LogP contribution < -0.4 is 11.5 Å². The van der Waals surface area contributed by atoms with Gasteiger partial charge in [0, 0.05) is 25.9 Å². The van der Waals surface area contributed by atoms with Crippen molar-refractivity contribution in [2.45, 2.75) is 52.4 Å². The van der Waals surface area contributed by atoms with E-state index in [1.807, 2.05) is 27.7 Å². The van der Waals surface area contributed by atoms with Gasteiger partial charge < -0.3 is 30.8 Å². The summed E-state index contributed by atoms with van der Waals surface area (Å²) in [5.74, 6) is -2.74. The Labute approximate surface area is 185 Å². The number of imidazole rings is 2. The highest BCUT2D eigenvalue weighted by Gasteiger charge is 2.27. The Morgan fingerprint density at radius 3 is 1.44 bits per heavy atom. The molecule has 6 N–H and O–H groups in total. The van der Waals surface area contributed by atoms with E-state index in [2.05, 4.69) is 9.97 Å². The normalized spacial score (nSPS) is 12.4. The van der Waals surface area contributed by atoms with E-state index in [9.17, 15) is 19.2 Å². The highest BCUT2D eigenvalue weighted by atomic mass is 16.4. The van der Waals surface area contributed by atoms with Crippen molar-refractivity contribution < 1.29 is 29.4 Å². The van der Waals surface area contributed by atoms with Crippen LogP contribution in [0.3, 0.4) is 0 Å². The van der Waals surface area contributed by atoms with Crippen LogP contribution in [-0.4, -0.2) is 53.1 Å². The first-order valence-corrected chi connectivity index (χ1v) is 9.99. The van der Waals surface area contributed by atoms with Crippen molar-refractivity contribution in [3.63, 3.8) is 0 Å². The topological polar surface area (TPSA) is 196 Å². The molecule has 0 radical (unpaired) electrons. The van der Waals surface area contributed by atoms with Gasteiger partial charge in [0.2, 0.25) is 0 Å². The van der Waals surface area contributed by atoms with Crippen LogP contribution in [0.5, 0.6) is 0 Å². The fourth-order valence-corrected chi connectivity index (χ4v) is 3.13. The van der Waals surface area contributed by atoms with Crippen LogP contribution >= 0.6 is 0 Å². The molecule has 0 aliphatic rings. The van der Waals surface area contributed by atoms with E-state index in [1.54, 1.807) is 7.05 Å². The maximum Gasteiger partial charge on any atom is 0.357 e. The number of rotatable bonds is 8. The van der Waals surface area contributed by atoms with Crippen molar-refractivity contribution in [2.24, 2.45) is 25.6 Å². The standard InChI is InChI=1S/C10H16N4O2.C10H14N2O4/c1-4-5(2)10-13-6(8(11)15)7(9(12)16)14(10)3;1-4-5(2)8-11-6(9(13)14)7(10(15)16)12(8)3/h5H,4H2,1-3H3,(H2,11,15)(H2,12,16);5H,4H2,1-3H3,(H,13,14)(H,15,16). The summed E-state index contributed by atoms with van der Waals surface area (Å²) in [4.78, 5) is 52.1. The number of aromatic carboxylic acids is 2. The van der Waals surface area contributed by atoms with Gasteiger partial charge in [-0.1, -0.05) is 27.7 Å². The van der Waals surface area contributed by atoms with Crippen molar-refractivity contribution in [2.75, 3.05) is 0 Å². The largest absolute Gasteiger partial charge is 0.476 e. The quantitative estimate of drug-likeness (QED) is 0.463. The molecule has 2 amide bonds. The zero-order chi connectivity index (χ0) is 24.9. The maximum atomic E-state index is 11.2. The first-order chi connectivity index (χ1) is 14.8. The van der Waals surface area contributed by atoms with Gasteiger partial charge in [-0.25, -0.2) is 19.6 Å². The Bertz CT molecular complexity index is 956. The number of carboxylic acid groups (broad SMARTS) is 2. The summed E-state index contributed by atoms with van der Waals surface area (Å²) in [6, 6.07) is 0. The molecule has 2 heterocycles. The second kappa shape index (κ2) is 10.6. The molecule has 0 aromatic carbocycles. The van der Waals surface area contributed by atoms with Crippen molar-refractivity contribution in [3.8, 4) is 0 Å². The lowest BCUT2D eigenvalue weighted by Crippen LogP contribution is -2.22. The molecule has 2 atom stereocenters. The van der Waals surface area contributed by atoms with Crippen molar-refractivity contribution in [1.29, 1.82) is 0 Å². The fourth-order valence-electron chi connectivity index (χ4n) is 3.13. The third kappa shape index (κ3) is 5.31. The molecular formula is C20H30N6O6. The average Bonchev–Trinajstić information content (AvgIpc) is 3.25. The molecule has 2 aromatic rings. The van der Waals surface area contributed by atoms with Gasteiger partial charge in [-0.15, -0.1) is 0 Å². The molecule has 0 aliphatic carbocycles. The first-order valence-electron chi connectivity index (χ1n) is 9.99. The summed E-state index contributed by atoms with van der Waals surface area (Å²) < 4.78 is 2.87. The van der Waals surface area contributed by atoms with Gasteiger partial charge in [0.1, 0.15) is 17.3 Å². The Morgan fingerprint density at radius 2 is 1.19 bits per heavy atom. The van der Waals surface area contributed by atoms with Crippen molar-refractivity contribution in [3.05, 3.63) is 34.4 Å². The zero-order valence-electron chi connectivity index (χ0n) is 19.0. The predicted molar refractivity (Wildman–Crippen MR) is 115 cm³/mol. The van der Waals surface area contributed by atoms with Crippen molar-refractivity contribution in [1.82, 2.24) is 19.1 Å². The third-order valence-corrected chi connectivity index (χ3v) is 5.24. The lowest BCUT2D eigenvalue weighted by molar-refractivity contribution is 0.0641. The highest BCUT2D eigenvalue weighted by molar-refractivity contribution is 6.04. The predicted octanol–water partition coefficient (Wildman–Crippen LogP) is 1.46. The summed E-state index contributed by atoms with van der Waals surface area (Å²) in [7, 11) is 3.17. The molecule has 32 heavy (non-hydrogen) atoms. The van der Waals surface area contributed by atoms with Gasteiger partial charge in [-0.3, -0.25) is 9.59 Å².